The Balaban J connectivity index is 1.17. The van der Waals surface area contributed by atoms with Crippen LogP contribution in [0.25, 0.3) is 39.5 Å². The minimum atomic E-state index is -0.131. The lowest BCUT2D eigenvalue weighted by atomic mass is 10.1. The van der Waals surface area contributed by atoms with Crippen LogP contribution < -0.4 is 16.0 Å². The molecule has 1 aliphatic heterocycles. The van der Waals surface area contributed by atoms with Gasteiger partial charge in [-0.2, -0.15) is 5.26 Å². The number of nitrogens with two attached hydrogens (primary N) is 1. The van der Waals surface area contributed by atoms with Gasteiger partial charge in [0.25, 0.3) is 0 Å². The standard InChI is InChI=1S/C36H32N10O/c1-24(47)41-27-5-2-4-26(20-27)32-13-14-33-36(42-32)46(35(43-33)31-6-3-15-39-34(31)38)29-10-7-25(8-11-29)23-44-16-18-45(19-17-44)30-12-9-28(21-37)40-22-30/h2-15,20,22H,16-19,23H2,1H3,(H2,38,39)(H,41,47). The first-order valence-corrected chi connectivity index (χ1v) is 15.4. The molecular weight excluding hydrogens is 588 g/mol. The molecule has 0 aliphatic carbocycles. The van der Waals surface area contributed by atoms with Crippen molar-refractivity contribution in [1.29, 1.82) is 5.26 Å². The van der Waals surface area contributed by atoms with Crippen molar-refractivity contribution < 1.29 is 4.79 Å². The van der Waals surface area contributed by atoms with Crippen LogP contribution in [-0.2, 0) is 11.3 Å². The summed E-state index contributed by atoms with van der Waals surface area (Å²) >= 11 is 0. The quantitative estimate of drug-likeness (QED) is 0.244. The second-order valence-electron chi connectivity index (χ2n) is 11.5. The number of imidazole rings is 1. The van der Waals surface area contributed by atoms with Gasteiger partial charge in [0.1, 0.15) is 23.1 Å². The predicted octanol–water partition coefficient (Wildman–Crippen LogP) is 5.28. The molecule has 2 aromatic carbocycles. The van der Waals surface area contributed by atoms with Crippen molar-refractivity contribution >= 4 is 34.3 Å². The lowest BCUT2D eigenvalue weighted by molar-refractivity contribution is -0.114. The molecule has 5 heterocycles. The van der Waals surface area contributed by atoms with E-state index >= 15 is 0 Å². The monoisotopic (exact) mass is 620 g/mol. The number of nitrogens with one attached hydrogen (secondary N) is 1. The highest BCUT2D eigenvalue weighted by Gasteiger charge is 2.20. The Kier molecular flexibility index (Phi) is 8.00. The zero-order valence-corrected chi connectivity index (χ0v) is 25.8. The van der Waals surface area contributed by atoms with Crippen LogP contribution in [0.5, 0.6) is 0 Å². The van der Waals surface area contributed by atoms with Gasteiger partial charge in [0, 0.05) is 62.8 Å². The van der Waals surface area contributed by atoms with Gasteiger partial charge in [0.05, 0.1) is 23.1 Å². The third-order valence-corrected chi connectivity index (χ3v) is 8.26. The number of benzene rings is 2. The van der Waals surface area contributed by atoms with Crippen molar-refractivity contribution in [2.75, 3.05) is 42.1 Å². The molecule has 7 rings (SSSR count). The Labute approximate surface area is 272 Å². The number of carbonyl (C=O) groups excluding carboxylic acids is 1. The highest BCUT2D eigenvalue weighted by atomic mass is 16.1. The number of nitriles is 1. The van der Waals surface area contributed by atoms with Crippen molar-refractivity contribution in [3.8, 4) is 34.4 Å². The molecule has 0 radical (unpaired) electrons. The molecule has 0 bridgehead atoms. The van der Waals surface area contributed by atoms with Gasteiger partial charge in [-0.25, -0.2) is 19.9 Å². The minimum absolute atomic E-state index is 0.131. The predicted molar refractivity (Wildman–Crippen MR) is 183 cm³/mol. The number of hydrogen-bond donors (Lipinski definition) is 2. The van der Waals surface area contributed by atoms with Crippen LogP contribution >= 0.6 is 0 Å². The lowest BCUT2D eigenvalue weighted by Crippen LogP contribution is -2.46. The number of carbonyl (C=O) groups is 1. The summed E-state index contributed by atoms with van der Waals surface area (Å²) in [7, 11) is 0. The number of nitrogens with zero attached hydrogens (tertiary/aromatic N) is 8. The summed E-state index contributed by atoms with van der Waals surface area (Å²) in [6, 6.07) is 29.6. The van der Waals surface area contributed by atoms with E-state index in [1.807, 2.05) is 59.2 Å². The van der Waals surface area contributed by atoms with Crippen molar-refractivity contribution in [2.24, 2.45) is 0 Å². The second kappa shape index (κ2) is 12.7. The zero-order valence-electron chi connectivity index (χ0n) is 25.8. The smallest absolute Gasteiger partial charge is 0.221 e. The molecule has 0 spiro atoms. The van der Waals surface area contributed by atoms with Crippen molar-refractivity contribution in [1.82, 2.24) is 29.4 Å². The molecule has 11 heteroatoms. The molecule has 0 atom stereocenters. The summed E-state index contributed by atoms with van der Waals surface area (Å²) in [6.45, 7) is 5.96. The molecule has 1 saturated heterocycles. The largest absolute Gasteiger partial charge is 0.383 e. The third kappa shape index (κ3) is 6.22. The van der Waals surface area contributed by atoms with Crippen LogP contribution in [0.15, 0.2) is 97.3 Å². The first kappa shape index (κ1) is 29.6. The van der Waals surface area contributed by atoms with Gasteiger partial charge in [-0.15, -0.1) is 0 Å². The third-order valence-electron chi connectivity index (χ3n) is 8.26. The van der Waals surface area contributed by atoms with Crippen LogP contribution in [0.1, 0.15) is 18.2 Å². The van der Waals surface area contributed by atoms with Crippen molar-refractivity contribution in [2.45, 2.75) is 13.5 Å². The fraction of sp³-hybridized carbons (Fsp3) is 0.167. The molecule has 4 aromatic heterocycles. The Morgan fingerprint density at radius 3 is 2.45 bits per heavy atom. The molecule has 1 amide bonds. The number of piperazine rings is 1. The van der Waals surface area contributed by atoms with E-state index in [1.54, 1.807) is 18.5 Å². The number of hydrogen-bond acceptors (Lipinski definition) is 9. The fourth-order valence-corrected chi connectivity index (χ4v) is 5.92. The Hall–Kier alpha value is -6.12. The molecule has 1 fully saturated rings. The number of rotatable bonds is 7. The summed E-state index contributed by atoms with van der Waals surface area (Å²) in [6.07, 6.45) is 3.45. The second-order valence-corrected chi connectivity index (χ2v) is 11.5. The van der Waals surface area contributed by atoms with Gasteiger partial charge in [0.2, 0.25) is 5.91 Å². The van der Waals surface area contributed by atoms with E-state index in [-0.39, 0.29) is 5.91 Å². The number of aromatic nitrogens is 5. The topological polar surface area (TPSA) is 142 Å². The lowest BCUT2D eigenvalue weighted by Gasteiger charge is -2.36. The summed E-state index contributed by atoms with van der Waals surface area (Å²) in [5, 5.41) is 11.9. The maximum atomic E-state index is 11.7. The average molecular weight is 621 g/mol. The average Bonchev–Trinajstić information content (AvgIpc) is 3.48. The molecule has 232 valence electrons. The molecule has 47 heavy (non-hydrogen) atoms. The van der Waals surface area contributed by atoms with Crippen LogP contribution in [0.3, 0.4) is 0 Å². The molecule has 0 unspecified atom stereocenters. The molecular formula is C36H32N10O. The highest BCUT2D eigenvalue weighted by molar-refractivity contribution is 5.90. The molecule has 1 aliphatic rings. The van der Waals surface area contributed by atoms with Gasteiger partial charge in [-0.3, -0.25) is 14.3 Å². The first-order valence-electron chi connectivity index (χ1n) is 15.4. The Bertz CT molecular complexity index is 2110. The minimum Gasteiger partial charge on any atom is -0.383 e. The van der Waals surface area contributed by atoms with E-state index in [0.717, 1.165) is 66.4 Å². The van der Waals surface area contributed by atoms with Crippen LogP contribution in [0, 0.1) is 11.3 Å². The summed E-state index contributed by atoms with van der Waals surface area (Å²) < 4.78 is 2.03. The van der Waals surface area contributed by atoms with Crippen molar-refractivity contribution in [3.05, 3.63) is 109 Å². The molecule has 6 aromatic rings. The van der Waals surface area contributed by atoms with E-state index < -0.39 is 0 Å². The van der Waals surface area contributed by atoms with Gasteiger partial charge in [0.15, 0.2) is 11.5 Å². The van der Waals surface area contributed by atoms with Crippen LogP contribution in [-0.4, -0.2) is 61.5 Å². The Morgan fingerprint density at radius 1 is 0.915 bits per heavy atom. The summed E-state index contributed by atoms with van der Waals surface area (Å²) in [5.41, 5.74) is 14.4. The fourth-order valence-electron chi connectivity index (χ4n) is 5.92. The highest BCUT2D eigenvalue weighted by Crippen LogP contribution is 2.32. The number of anilines is 3. The normalized spacial score (nSPS) is 13.4. The Morgan fingerprint density at radius 2 is 1.72 bits per heavy atom. The zero-order chi connectivity index (χ0) is 32.3. The van der Waals surface area contributed by atoms with Gasteiger partial charge < -0.3 is 16.0 Å². The van der Waals surface area contributed by atoms with E-state index in [0.29, 0.717) is 28.7 Å². The van der Waals surface area contributed by atoms with Crippen LogP contribution in [0.2, 0.25) is 0 Å². The van der Waals surface area contributed by atoms with E-state index in [2.05, 4.69) is 55.4 Å². The number of fused-ring (bicyclic) bond motifs is 1. The first-order chi connectivity index (χ1) is 22.9. The molecule has 3 N–H and O–H groups in total. The van der Waals surface area contributed by atoms with Crippen molar-refractivity contribution in [3.63, 3.8) is 0 Å². The maximum absolute atomic E-state index is 11.7. The number of pyridine rings is 3. The van der Waals surface area contributed by atoms with Crippen LogP contribution in [0.4, 0.5) is 17.2 Å². The SMILES string of the molecule is CC(=O)Nc1cccc(-c2ccc3nc(-c4cccnc4N)n(-c4ccc(CN5CCN(c6ccc(C#N)nc6)CC5)cc4)c3n2)c1. The molecule has 0 saturated carbocycles. The van der Waals surface area contributed by atoms with E-state index in [4.69, 9.17) is 21.0 Å². The maximum Gasteiger partial charge on any atom is 0.221 e. The van der Waals surface area contributed by atoms with Gasteiger partial charge in [-0.05, 0) is 66.2 Å². The van der Waals surface area contributed by atoms with Gasteiger partial charge in [-0.1, -0.05) is 24.3 Å². The summed E-state index contributed by atoms with van der Waals surface area (Å²) in [4.78, 5) is 35.0. The number of amides is 1. The summed E-state index contributed by atoms with van der Waals surface area (Å²) in [5.74, 6) is 0.914. The van der Waals surface area contributed by atoms with Gasteiger partial charge >= 0.3 is 0 Å². The van der Waals surface area contributed by atoms with E-state index in [9.17, 15) is 4.79 Å². The van der Waals surface area contributed by atoms with E-state index in [1.165, 1.54) is 12.5 Å². The molecule has 11 nitrogen and oxygen atoms in total. The number of nitrogen functional groups attached to an aromatic ring is 1.